The molecule has 0 bridgehead atoms. The highest BCUT2D eigenvalue weighted by atomic mass is 32.2. The maximum atomic E-state index is 13.0. The second kappa shape index (κ2) is 5.56. The van der Waals surface area contributed by atoms with E-state index in [9.17, 15) is 4.79 Å². The van der Waals surface area contributed by atoms with Crippen molar-refractivity contribution >= 4 is 34.4 Å². The van der Waals surface area contributed by atoms with Crippen LogP contribution in [0.1, 0.15) is 17.3 Å². The molecule has 1 unspecified atom stereocenters. The molecule has 0 spiro atoms. The Bertz CT molecular complexity index is 961. The molecule has 1 atom stereocenters. The Kier molecular flexibility index (Phi) is 3.49. The lowest BCUT2D eigenvalue weighted by Gasteiger charge is -2.27. The van der Waals surface area contributed by atoms with E-state index in [0.29, 0.717) is 5.75 Å². The van der Waals surface area contributed by atoms with E-state index in [0.717, 1.165) is 21.9 Å². The van der Waals surface area contributed by atoms with Gasteiger partial charge in [0.1, 0.15) is 0 Å². The molecule has 1 aromatic heterocycles. The highest BCUT2D eigenvalue weighted by Crippen LogP contribution is 2.35. The predicted octanol–water partition coefficient (Wildman–Crippen LogP) is 4.63. The van der Waals surface area contributed by atoms with E-state index in [4.69, 9.17) is 0 Å². The summed E-state index contributed by atoms with van der Waals surface area (Å²) in [6.07, 6.45) is 0. The largest absolute Gasteiger partial charge is 0.271 e. The molecule has 0 radical (unpaired) electrons. The summed E-state index contributed by atoms with van der Waals surface area (Å²) in [7, 11) is 0. The van der Waals surface area contributed by atoms with E-state index in [-0.39, 0.29) is 5.91 Å². The van der Waals surface area contributed by atoms with Gasteiger partial charge in [-0.3, -0.25) is 9.36 Å². The first kappa shape index (κ1) is 15.1. The van der Waals surface area contributed by atoms with Gasteiger partial charge in [-0.1, -0.05) is 41.6 Å². The maximum absolute atomic E-state index is 13.0. The molecule has 4 rings (SSSR count). The molecule has 0 N–H and O–H groups in total. The molecule has 0 amide bonds. The van der Waals surface area contributed by atoms with Crippen LogP contribution in [0.5, 0.6) is 0 Å². The van der Waals surface area contributed by atoms with Gasteiger partial charge in [0.15, 0.2) is 10.7 Å². The number of carbonyl (C=O) groups excluding carboxylic acids is 1. The van der Waals surface area contributed by atoms with E-state index in [1.54, 1.807) is 16.3 Å². The lowest BCUT2D eigenvalue weighted by Crippen LogP contribution is -2.42. The lowest BCUT2D eigenvalue weighted by atomic mass is 10.1. The van der Waals surface area contributed by atoms with Crippen LogP contribution in [0.25, 0.3) is 11.0 Å². The molecular formula is C18H16N4OS. The van der Waals surface area contributed by atoms with Crippen LogP contribution in [0.15, 0.2) is 63.9 Å². The minimum Gasteiger partial charge on any atom is -0.271 e. The van der Waals surface area contributed by atoms with Crippen LogP contribution in [0.3, 0.4) is 0 Å². The first-order valence-corrected chi connectivity index (χ1v) is 8.70. The van der Waals surface area contributed by atoms with Crippen molar-refractivity contribution in [3.05, 3.63) is 54.1 Å². The third-order valence-electron chi connectivity index (χ3n) is 4.10. The Labute approximate surface area is 143 Å². The van der Waals surface area contributed by atoms with Gasteiger partial charge in [-0.2, -0.15) is 10.2 Å². The molecule has 1 aliphatic rings. The third-order valence-corrected chi connectivity index (χ3v) is 5.33. The topological polar surface area (TPSA) is 59.6 Å². The normalized spacial score (nSPS) is 20.7. The fourth-order valence-corrected chi connectivity index (χ4v) is 3.72. The minimum absolute atomic E-state index is 0.0826. The monoisotopic (exact) mass is 336 g/mol. The Hall–Kier alpha value is -2.47. The quantitative estimate of drug-likeness (QED) is 0.641. The van der Waals surface area contributed by atoms with Gasteiger partial charge in [-0.15, -0.1) is 0 Å². The summed E-state index contributed by atoms with van der Waals surface area (Å²) in [6.45, 7) is 3.85. The number of hydrogen-bond acceptors (Lipinski definition) is 5. The van der Waals surface area contributed by atoms with Gasteiger partial charge in [0.2, 0.25) is 0 Å². The van der Waals surface area contributed by atoms with E-state index in [1.165, 1.54) is 5.56 Å². The first-order chi connectivity index (χ1) is 11.6. The molecule has 0 saturated carbocycles. The number of thioether (sulfide) groups is 1. The number of benzene rings is 2. The van der Waals surface area contributed by atoms with Gasteiger partial charge < -0.3 is 0 Å². The molecule has 2 heterocycles. The highest BCUT2D eigenvalue weighted by molar-refractivity contribution is 7.99. The molecule has 3 aromatic rings. The second-order valence-corrected chi connectivity index (χ2v) is 7.06. The predicted molar refractivity (Wildman–Crippen MR) is 95.2 cm³/mol. The molecule has 24 heavy (non-hydrogen) atoms. The van der Waals surface area contributed by atoms with Crippen molar-refractivity contribution in [3.63, 3.8) is 0 Å². The Balaban J connectivity index is 1.72. The van der Waals surface area contributed by atoms with E-state index >= 15 is 0 Å². The van der Waals surface area contributed by atoms with Gasteiger partial charge >= 0.3 is 0 Å². The number of carbonyl (C=O) groups is 1. The Morgan fingerprint density at radius 2 is 1.92 bits per heavy atom. The summed E-state index contributed by atoms with van der Waals surface area (Å²) in [5.74, 6) is 0.450. The van der Waals surface area contributed by atoms with Crippen LogP contribution in [0.2, 0.25) is 0 Å². The molecule has 2 aromatic carbocycles. The zero-order valence-electron chi connectivity index (χ0n) is 13.4. The molecule has 0 aliphatic carbocycles. The third kappa shape index (κ3) is 2.43. The highest BCUT2D eigenvalue weighted by Gasteiger charge is 2.41. The van der Waals surface area contributed by atoms with E-state index in [1.807, 2.05) is 62.4 Å². The van der Waals surface area contributed by atoms with Gasteiger partial charge in [-0.25, -0.2) is 4.98 Å². The first-order valence-electron chi connectivity index (χ1n) is 7.71. The standard InChI is InChI=1S/C18H16N4OS/c1-12-7-9-13(10-8-12)20-21-18(2)11-24-17-19-14-5-3-4-6-15(14)22(17)16(18)23/h3-10H,11H2,1-2H3. The average Bonchev–Trinajstić information content (AvgIpc) is 2.97. The van der Waals surface area contributed by atoms with Gasteiger partial charge in [0, 0.05) is 5.75 Å². The van der Waals surface area contributed by atoms with Crippen molar-refractivity contribution in [1.29, 1.82) is 0 Å². The minimum atomic E-state index is -0.897. The zero-order valence-corrected chi connectivity index (χ0v) is 14.2. The van der Waals surface area contributed by atoms with Crippen molar-refractivity contribution in [2.24, 2.45) is 10.2 Å². The molecule has 0 saturated heterocycles. The summed E-state index contributed by atoms with van der Waals surface area (Å²) in [5, 5.41) is 9.40. The number of aryl methyl sites for hydroxylation is 1. The molecule has 5 nitrogen and oxygen atoms in total. The van der Waals surface area contributed by atoms with E-state index < -0.39 is 5.54 Å². The lowest BCUT2D eigenvalue weighted by molar-refractivity contribution is 0.0816. The molecular weight excluding hydrogens is 320 g/mol. The Morgan fingerprint density at radius 1 is 1.17 bits per heavy atom. The number of nitrogens with zero attached hydrogens (tertiary/aromatic N) is 4. The molecule has 6 heteroatoms. The summed E-state index contributed by atoms with van der Waals surface area (Å²) in [6, 6.07) is 15.4. The second-order valence-electron chi connectivity index (χ2n) is 6.12. The smallest absolute Gasteiger partial charge is 0.263 e. The zero-order chi connectivity index (χ0) is 16.7. The van der Waals surface area contributed by atoms with Crippen molar-refractivity contribution in [2.75, 3.05) is 5.75 Å². The maximum Gasteiger partial charge on any atom is 0.263 e. The number of rotatable bonds is 2. The summed E-state index contributed by atoms with van der Waals surface area (Å²) in [5.41, 5.74) is 2.67. The molecule has 1 aliphatic heterocycles. The Morgan fingerprint density at radius 3 is 2.71 bits per heavy atom. The van der Waals surface area contributed by atoms with Crippen LogP contribution in [0, 0.1) is 6.92 Å². The average molecular weight is 336 g/mol. The number of fused-ring (bicyclic) bond motifs is 3. The number of aromatic nitrogens is 2. The molecule has 0 fully saturated rings. The van der Waals surface area contributed by atoms with Crippen LogP contribution in [0.4, 0.5) is 5.69 Å². The fourth-order valence-electron chi connectivity index (χ4n) is 2.66. The molecule has 120 valence electrons. The van der Waals surface area contributed by atoms with Crippen molar-refractivity contribution in [2.45, 2.75) is 24.5 Å². The van der Waals surface area contributed by atoms with Crippen molar-refractivity contribution < 1.29 is 4.79 Å². The number of azo groups is 1. The van der Waals surface area contributed by atoms with Crippen molar-refractivity contribution in [1.82, 2.24) is 9.55 Å². The summed E-state index contributed by atoms with van der Waals surface area (Å²) >= 11 is 1.54. The van der Waals surface area contributed by atoms with Gasteiger partial charge in [0.05, 0.1) is 16.7 Å². The van der Waals surface area contributed by atoms with Crippen LogP contribution in [-0.2, 0) is 0 Å². The number of para-hydroxylation sites is 2. The van der Waals surface area contributed by atoms with E-state index in [2.05, 4.69) is 15.2 Å². The fraction of sp³-hybridized carbons (Fsp3) is 0.222. The summed E-state index contributed by atoms with van der Waals surface area (Å²) in [4.78, 5) is 17.6. The van der Waals surface area contributed by atoms with Crippen LogP contribution in [-0.4, -0.2) is 26.8 Å². The number of imidazole rings is 1. The van der Waals surface area contributed by atoms with Gasteiger partial charge in [-0.05, 0) is 38.1 Å². The summed E-state index contributed by atoms with van der Waals surface area (Å²) < 4.78 is 1.66. The SMILES string of the molecule is Cc1ccc(N=NC2(C)CSc3nc4ccccc4n3C2=O)cc1. The van der Waals surface area contributed by atoms with Crippen LogP contribution >= 0.6 is 11.8 Å². The van der Waals surface area contributed by atoms with Crippen molar-refractivity contribution in [3.8, 4) is 0 Å². The number of hydrogen-bond donors (Lipinski definition) is 0. The van der Waals surface area contributed by atoms with Gasteiger partial charge in [0.25, 0.3) is 5.91 Å². The van der Waals surface area contributed by atoms with Crippen LogP contribution < -0.4 is 0 Å².